The second-order valence-electron chi connectivity index (χ2n) is 3.05. The van der Waals surface area contributed by atoms with Gasteiger partial charge in [-0.05, 0) is 20.8 Å². The second-order valence-corrected chi connectivity index (χ2v) is 3.05. The molecule has 0 saturated carbocycles. The molecule has 0 aromatic rings. The molecule has 70 valence electrons. The molecule has 1 aliphatic rings. The van der Waals surface area contributed by atoms with Crippen molar-refractivity contribution in [3.8, 4) is 0 Å². The molecule has 1 saturated heterocycles. The van der Waals surface area contributed by atoms with Gasteiger partial charge in [0.1, 0.15) is 0 Å². The summed E-state index contributed by atoms with van der Waals surface area (Å²) in [6.45, 7) is 7.73. The first-order valence-electron chi connectivity index (χ1n) is 3.69. The molecule has 3 atom stereocenters. The number of nitrogens with one attached hydrogen (secondary N) is 2. The van der Waals surface area contributed by atoms with Gasteiger partial charge in [-0.3, -0.25) is 0 Å². The molecule has 0 aliphatic carbocycles. The van der Waals surface area contributed by atoms with Gasteiger partial charge in [-0.15, -0.1) is 24.8 Å². The number of rotatable bonds is 0. The Balaban J connectivity index is 0. The van der Waals surface area contributed by atoms with E-state index in [9.17, 15) is 0 Å². The van der Waals surface area contributed by atoms with E-state index in [0.29, 0.717) is 18.1 Å². The minimum atomic E-state index is 0. The lowest BCUT2D eigenvalue weighted by Crippen LogP contribution is -2.57. The highest BCUT2D eigenvalue weighted by Gasteiger charge is 2.18. The summed E-state index contributed by atoms with van der Waals surface area (Å²) in [7, 11) is 0. The average molecular weight is 201 g/mol. The van der Waals surface area contributed by atoms with Gasteiger partial charge in [-0.25, -0.2) is 0 Å². The van der Waals surface area contributed by atoms with Gasteiger partial charge in [0, 0.05) is 24.7 Å². The molecule has 2 N–H and O–H groups in total. The molecule has 3 unspecified atom stereocenters. The predicted octanol–water partition coefficient (Wildman–Crippen LogP) is 1.19. The summed E-state index contributed by atoms with van der Waals surface area (Å²) in [5, 5.41) is 6.89. The highest BCUT2D eigenvalue weighted by atomic mass is 35.5. The van der Waals surface area contributed by atoms with E-state index >= 15 is 0 Å². The monoisotopic (exact) mass is 200 g/mol. The molecule has 0 radical (unpaired) electrons. The van der Waals surface area contributed by atoms with Gasteiger partial charge in [0.2, 0.25) is 0 Å². The average Bonchev–Trinajstić information content (AvgIpc) is 1.80. The molecule has 1 rings (SSSR count). The summed E-state index contributed by atoms with van der Waals surface area (Å²) in [5.41, 5.74) is 0. The van der Waals surface area contributed by atoms with E-state index in [1.165, 1.54) is 0 Å². The predicted molar refractivity (Wildman–Crippen MR) is 54.0 cm³/mol. The van der Waals surface area contributed by atoms with Crippen molar-refractivity contribution in [2.24, 2.45) is 0 Å². The lowest BCUT2D eigenvalue weighted by atomic mass is 10.1. The van der Waals surface area contributed by atoms with Crippen LogP contribution in [0.3, 0.4) is 0 Å². The van der Waals surface area contributed by atoms with Crippen LogP contribution in [0.1, 0.15) is 20.8 Å². The van der Waals surface area contributed by atoms with E-state index in [1.54, 1.807) is 0 Å². The fourth-order valence-electron chi connectivity index (χ4n) is 1.19. The van der Waals surface area contributed by atoms with Crippen molar-refractivity contribution >= 4 is 24.8 Å². The lowest BCUT2D eigenvalue weighted by Gasteiger charge is -2.32. The topological polar surface area (TPSA) is 24.1 Å². The lowest BCUT2D eigenvalue weighted by molar-refractivity contribution is 0.305. The van der Waals surface area contributed by atoms with Gasteiger partial charge in [0.05, 0.1) is 0 Å². The Labute approximate surface area is 81.3 Å². The largest absolute Gasteiger partial charge is 0.311 e. The first-order chi connectivity index (χ1) is 4.20. The highest BCUT2D eigenvalue weighted by Crippen LogP contribution is 1.99. The summed E-state index contributed by atoms with van der Waals surface area (Å²) in [5.74, 6) is 0. The fourth-order valence-corrected chi connectivity index (χ4v) is 1.19. The smallest absolute Gasteiger partial charge is 0.0193 e. The SMILES string of the molecule is CC1CNC(C)C(C)N1.Cl.Cl. The van der Waals surface area contributed by atoms with Gasteiger partial charge >= 0.3 is 0 Å². The van der Waals surface area contributed by atoms with Crippen LogP contribution in [0.5, 0.6) is 0 Å². The minimum absolute atomic E-state index is 0. The number of hydrogen-bond donors (Lipinski definition) is 2. The summed E-state index contributed by atoms with van der Waals surface area (Å²) in [6, 6.07) is 1.88. The van der Waals surface area contributed by atoms with Gasteiger partial charge in [0.15, 0.2) is 0 Å². The van der Waals surface area contributed by atoms with Crippen LogP contribution in [-0.4, -0.2) is 24.7 Å². The summed E-state index contributed by atoms with van der Waals surface area (Å²) in [4.78, 5) is 0. The van der Waals surface area contributed by atoms with Crippen molar-refractivity contribution in [2.45, 2.75) is 38.9 Å². The third-order valence-electron chi connectivity index (χ3n) is 2.04. The van der Waals surface area contributed by atoms with Crippen molar-refractivity contribution in [3.05, 3.63) is 0 Å². The summed E-state index contributed by atoms with van der Waals surface area (Å²) in [6.07, 6.45) is 0. The van der Waals surface area contributed by atoms with Gasteiger partial charge in [-0.1, -0.05) is 0 Å². The van der Waals surface area contributed by atoms with E-state index < -0.39 is 0 Å². The molecule has 2 nitrogen and oxygen atoms in total. The Kier molecular flexibility index (Phi) is 7.75. The van der Waals surface area contributed by atoms with Crippen LogP contribution in [-0.2, 0) is 0 Å². The zero-order valence-electron chi connectivity index (χ0n) is 7.26. The maximum absolute atomic E-state index is 3.47. The molecule has 0 aromatic heterocycles. The number of piperazine rings is 1. The van der Waals surface area contributed by atoms with E-state index in [1.807, 2.05) is 0 Å². The Morgan fingerprint density at radius 1 is 1.00 bits per heavy atom. The van der Waals surface area contributed by atoms with Gasteiger partial charge < -0.3 is 10.6 Å². The number of halogens is 2. The van der Waals surface area contributed by atoms with E-state index in [2.05, 4.69) is 31.4 Å². The zero-order chi connectivity index (χ0) is 6.85. The molecule has 4 heteroatoms. The van der Waals surface area contributed by atoms with Crippen molar-refractivity contribution in [1.29, 1.82) is 0 Å². The first-order valence-corrected chi connectivity index (χ1v) is 3.69. The van der Waals surface area contributed by atoms with Crippen LogP contribution in [0, 0.1) is 0 Å². The Morgan fingerprint density at radius 2 is 1.55 bits per heavy atom. The molecule has 0 amide bonds. The summed E-state index contributed by atoms with van der Waals surface area (Å²) >= 11 is 0. The van der Waals surface area contributed by atoms with Gasteiger partial charge in [-0.2, -0.15) is 0 Å². The van der Waals surface area contributed by atoms with Crippen LogP contribution < -0.4 is 10.6 Å². The molecular weight excluding hydrogens is 183 g/mol. The quantitative estimate of drug-likeness (QED) is 0.615. The zero-order valence-corrected chi connectivity index (χ0v) is 8.89. The van der Waals surface area contributed by atoms with Gasteiger partial charge in [0.25, 0.3) is 0 Å². The second kappa shape index (κ2) is 6.06. The third kappa shape index (κ3) is 4.16. The normalized spacial score (nSPS) is 36.8. The Morgan fingerprint density at radius 3 is 1.91 bits per heavy atom. The van der Waals surface area contributed by atoms with E-state index in [4.69, 9.17) is 0 Å². The first kappa shape index (κ1) is 14.0. The van der Waals surface area contributed by atoms with Crippen LogP contribution in [0.2, 0.25) is 0 Å². The Hall–Kier alpha value is 0.500. The molecule has 0 aromatic carbocycles. The molecule has 1 heterocycles. The molecule has 1 fully saturated rings. The minimum Gasteiger partial charge on any atom is -0.311 e. The van der Waals surface area contributed by atoms with E-state index in [0.717, 1.165) is 6.54 Å². The van der Waals surface area contributed by atoms with E-state index in [-0.39, 0.29) is 24.8 Å². The standard InChI is InChI=1S/C7H16N2.2ClH/c1-5-4-8-6(2)7(3)9-5;;/h5-9H,4H2,1-3H3;2*1H. The maximum atomic E-state index is 3.47. The summed E-state index contributed by atoms with van der Waals surface area (Å²) < 4.78 is 0. The van der Waals surface area contributed by atoms with Crippen molar-refractivity contribution in [2.75, 3.05) is 6.54 Å². The fraction of sp³-hybridized carbons (Fsp3) is 1.00. The highest BCUT2D eigenvalue weighted by molar-refractivity contribution is 5.85. The maximum Gasteiger partial charge on any atom is 0.0193 e. The van der Waals surface area contributed by atoms with Crippen molar-refractivity contribution < 1.29 is 0 Å². The van der Waals surface area contributed by atoms with Crippen LogP contribution >= 0.6 is 24.8 Å². The number of hydrogen-bond acceptors (Lipinski definition) is 2. The molecule has 0 spiro atoms. The Bertz CT molecular complexity index is 100. The molecule has 11 heavy (non-hydrogen) atoms. The van der Waals surface area contributed by atoms with Crippen molar-refractivity contribution in [3.63, 3.8) is 0 Å². The third-order valence-corrected chi connectivity index (χ3v) is 2.04. The van der Waals surface area contributed by atoms with Crippen LogP contribution in [0.15, 0.2) is 0 Å². The van der Waals surface area contributed by atoms with Crippen LogP contribution in [0.4, 0.5) is 0 Å². The molecule has 1 aliphatic heterocycles. The molecule has 0 bridgehead atoms. The van der Waals surface area contributed by atoms with Crippen molar-refractivity contribution in [1.82, 2.24) is 10.6 Å². The van der Waals surface area contributed by atoms with Crippen LogP contribution in [0.25, 0.3) is 0 Å². The molecular formula is C7H18Cl2N2.